The third-order valence-corrected chi connectivity index (χ3v) is 4.58. The second kappa shape index (κ2) is 23.0. The number of rotatable bonds is 0. The second-order valence-corrected chi connectivity index (χ2v) is 7.14. The molecule has 0 amide bonds. The van der Waals surface area contributed by atoms with Crippen LogP contribution < -0.4 is 31.9 Å². The molecule has 1 saturated heterocycles. The predicted molar refractivity (Wildman–Crippen MR) is 117 cm³/mol. The molecule has 1 aliphatic heterocycles. The van der Waals surface area contributed by atoms with Crippen LogP contribution in [0.15, 0.2) is 0 Å². The highest BCUT2D eigenvalue weighted by atomic mass is 16.5. The molecule has 0 saturated carbocycles. The van der Waals surface area contributed by atoms with E-state index >= 15 is 0 Å². The van der Waals surface area contributed by atoms with Gasteiger partial charge in [0.15, 0.2) is 0 Å². The van der Waals surface area contributed by atoms with E-state index in [0.717, 1.165) is 105 Å². The highest BCUT2D eigenvalue weighted by molar-refractivity contribution is 4.57. The molecule has 1 heterocycles. The van der Waals surface area contributed by atoms with Crippen molar-refractivity contribution in [2.24, 2.45) is 0 Å². The van der Waals surface area contributed by atoms with Gasteiger partial charge in [-0.05, 0) is 19.4 Å². The van der Waals surface area contributed by atoms with Crippen molar-refractivity contribution in [3.8, 4) is 0 Å². The van der Waals surface area contributed by atoms with Gasteiger partial charge in [0.25, 0.3) is 0 Å². The summed E-state index contributed by atoms with van der Waals surface area (Å²) in [6.07, 6.45) is 4.98. The van der Waals surface area contributed by atoms with Crippen molar-refractivity contribution in [3.05, 3.63) is 0 Å². The summed E-state index contributed by atoms with van der Waals surface area (Å²) in [7, 11) is 0. The third-order valence-electron chi connectivity index (χ3n) is 4.58. The molecule has 0 atom stereocenters. The minimum Gasteiger partial charge on any atom is -0.380 e. The van der Waals surface area contributed by atoms with E-state index in [-0.39, 0.29) is 0 Å². The summed E-state index contributed by atoms with van der Waals surface area (Å²) in [4.78, 5) is 0. The summed E-state index contributed by atoms with van der Waals surface area (Å²) in [5.74, 6) is 0. The number of ether oxygens (including phenoxy) is 2. The molecule has 0 radical (unpaired) electrons. The smallest absolute Gasteiger partial charge is 0.0591 e. The molecule has 8 heteroatoms. The summed E-state index contributed by atoms with van der Waals surface area (Å²) >= 11 is 0. The Morgan fingerprint density at radius 2 is 0.643 bits per heavy atom. The predicted octanol–water partition coefficient (Wildman–Crippen LogP) is -0.869. The lowest BCUT2D eigenvalue weighted by molar-refractivity contribution is 0.131. The van der Waals surface area contributed by atoms with Crippen molar-refractivity contribution in [2.45, 2.75) is 25.7 Å². The zero-order valence-corrected chi connectivity index (χ0v) is 18.0. The fourth-order valence-electron chi connectivity index (χ4n) is 2.90. The Kier molecular flexibility index (Phi) is 21.1. The molecule has 0 aromatic rings. The highest BCUT2D eigenvalue weighted by Gasteiger charge is 1.95. The SMILES string of the molecule is C1CCCOCCNCCNCCNCCOCCNCCNCCNCC1. The Morgan fingerprint density at radius 3 is 1.14 bits per heavy atom. The molecule has 1 aliphatic rings. The first-order chi connectivity index (χ1) is 14.0. The molecule has 28 heavy (non-hydrogen) atoms. The Morgan fingerprint density at radius 1 is 0.286 bits per heavy atom. The maximum atomic E-state index is 5.68. The molecule has 0 spiro atoms. The highest BCUT2D eigenvalue weighted by Crippen LogP contribution is 1.99. The van der Waals surface area contributed by atoms with E-state index < -0.39 is 0 Å². The fraction of sp³-hybridized carbons (Fsp3) is 1.00. The van der Waals surface area contributed by atoms with E-state index in [1.807, 2.05) is 0 Å². The van der Waals surface area contributed by atoms with Gasteiger partial charge in [0.2, 0.25) is 0 Å². The Hall–Kier alpha value is -0.320. The maximum absolute atomic E-state index is 5.68. The standard InChI is InChI=1S/C20H46N6O2/c1-2-4-17-27-18-14-24-11-9-23-10-13-26-16-20-28-19-15-25-12-8-22-7-6-21-5-3-1/h21-26H,1-20H2. The Balaban J connectivity index is 2.00. The van der Waals surface area contributed by atoms with Gasteiger partial charge in [-0.2, -0.15) is 0 Å². The number of hydrogen-bond donors (Lipinski definition) is 6. The quantitative estimate of drug-likeness (QED) is 0.312. The molecule has 0 unspecified atom stereocenters. The van der Waals surface area contributed by atoms with Crippen molar-refractivity contribution in [1.82, 2.24) is 31.9 Å². The third kappa shape index (κ3) is 20.4. The molecular weight excluding hydrogens is 356 g/mol. The van der Waals surface area contributed by atoms with Crippen LogP contribution in [0.2, 0.25) is 0 Å². The van der Waals surface area contributed by atoms with Gasteiger partial charge < -0.3 is 41.4 Å². The van der Waals surface area contributed by atoms with Crippen LogP contribution in [0.5, 0.6) is 0 Å². The van der Waals surface area contributed by atoms with Gasteiger partial charge in [0.1, 0.15) is 0 Å². The summed E-state index contributed by atoms with van der Waals surface area (Å²) < 4.78 is 11.3. The topological polar surface area (TPSA) is 90.6 Å². The summed E-state index contributed by atoms with van der Waals surface area (Å²) in [6.45, 7) is 15.1. The van der Waals surface area contributed by atoms with Crippen molar-refractivity contribution >= 4 is 0 Å². The molecule has 168 valence electrons. The minimum atomic E-state index is 0.771. The molecule has 0 aliphatic carbocycles. The van der Waals surface area contributed by atoms with E-state index in [2.05, 4.69) is 31.9 Å². The van der Waals surface area contributed by atoms with Gasteiger partial charge in [0, 0.05) is 78.6 Å². The zero-order valence-electron chi connectivity index (χ0n) is 18.0. The van der Waals surface area contributed by atoms with Crippen LogP contribution in [0.4, 0.5) is 0 Å². The van der Waals surface area contributed by atoms with Gasteiger partial charge in [-0.1, -0.05) is 12.8 Å². The number of hydrogen-bond acceptors (Lipinski definition) is 8. The van der Waals surface area contributed by atoms with Crippen molar-refractivity contribution in [1.29, 1.82) is 0 Å². The summed E-state index contributed by atoms with van der Waals surface area (Å²) in [5, 5.41) is 20.6. The van der Waals surface area contributed by atoms with Crippen LogP contribution in [0.3, 0.4) is 0 Å². The van der Waals surface area contributed by atoms with Crippen LogP contribution in [0.1, 0.15) is 25.7 Å². The Bertz CT molecular complexity index is 165. The average molecular weight is 403 g/mol. The van der Waals surface area contributed by atoms with Crippen molar-refractivity contribution in [2.75, 3.05) is 105 Å². The lowest BCUT2D eigenvalue weighted by atomic mass is 10.2. The van der Waals surface area contributed by atoms with Crippen LogP contribution in [-0.2, 0) is 9.47 Å². The van der Waals surface area contributed by atoms with Gasteiger partial charge in [-0.25, -0.2) is 0 Å². The molecule has 0 aromatic carbocycles. The molecular formula is C20H46N6O2. The van der Waals surface area contributed by atoms with Gasteiger partial charge in [-0.3, -0.25) is 0 Å². The van der Waals surface area contributed by atoms with Crippen LogP contribution in [-0.4, -0.2) is 105 Å². The van der Waals surface area contributed by atoms with Crippen LogP contribution >= 0.6 is 0 Å². The minimum absolute atomic E-state index is 0.771. The van der Waals surface area contributed by atoms with Crippen LogP contribution in [0.25, 0.3) is 0 Å². The molecule has 0 aromatic heterocycles. The monoisotopic (exact) mass is 402 g/mol. The second-order valence-electron chi connectivity index (χ2n) is 7.14. The lowest BCUT2D eigenvalue weighted by Crippen LogP contribution is -2.35. The molecule has 6 N–H and O–H groups in total. The van der Waals surface area contributed by atoms with Crippen molar-refractivity contribution in [3.63, 3.8) is 0 Å². The van der Waals surface area contributed by atoms with E-state index in [1.54, 1.807) is 0 Å². The molecule has 1 rings (SSSR count). The Labute approximate surface area is 172 Å². The van der Waals surface area contributed by atoms with Gasteiger partial charge in [-0.15, -0.1) is 0 Å². The summed E-state index contributed by atoms with van der Waals surface area (Å²) in [5.41, 5.74) is 0. The van der Waals surface area contributed by atoms with Crippen molar-refractivity contribution < 1.29 is 9.47 Å². The molecule has 1 fully saturated rings. The zero-order chi connectivity index (χ0) is 19.8. The first-order valence-electron chi connectivity index (χ1n) is 11.4. The normalized spacial score (nSPS) is 24.0. The average Bonchev–Trinajstić information content (AvgIpc) is 2.71. The fourth-order valence-corrected chi connectivity index (χ4v) is 2.90. The molecule has 0 bridgehead atoms. The first kappa shape index (κ1) is 25.7. The summed E-state index contributed by atoms with van der Waals surface area (Å²) in [6, 6.07) is 0. The van der Waals surface area contributed by atoms with Gasteiger partial charge >= 0.3 is 0 Å². The van der Waals surface area contributed by atoms with E-state index in [9.17, 15) is 0 Å². The lowest BCUT2D eigenvalue weighted by Gasteiger charge is -2.10. The number of nitrogens with one attached hydrogen (secondary N) is 6. The van der Waals surface area contributed by atoms with Crippen LogP contribution in [0, 0.1) is 0 Å². The largest absolute Gasteiger partial charge is 0.380 e. The van der Waals surface area contributed by atoms with Gasteiger partial charge in [0.05, 0.1) is 19.8 Å². The van der Waals surface area contributed by atoms with E-state index in [0.29, 0.717) is 0 Å². The van der Waals surface area contributed by atoms with E-state index in [4.69, 9.17) is 9.47 Å². The molecule has 8 nitrogen and oxygen atoms in total. The first-order valence-corrected chi connectivity index (χ1v) is 11.4. The van der Waals surface area contributed by atoms with E-state index in [1.165, 1.54) is 25.7 Å². The maximum Gasteiger partial charge on any atom is 0.0591 e.